The van der Waals surface area contributed by atoms with Crippen LogP contribution in [0.25, 0.3) is 0 Å². The number of amides is 2. The van der Waals surface area contributed by atoms with Gasteiger partial charge in [-0.2, -0.15) is 0 Å². The van der Waals surface area contributed by atoms with Crippen LogP contribution in [0.5, 0.6) is 11.5 Å². The Bertz CT molecular complexity index is 796. The molecular weight excluding hydrogens is 336 g/mol. The molecule has 0 spiro atoms. The van der Waals surface area contributed by atoms with Gasteiger partial charge < -0.3 is 19.7 Å². The van der Waals surface area contributed by atoms with Crippen LogP contribution in [0, 0.1) is 6.92 Å². The molecule has 0 unspecified atom stereocenters. The number of aryl methyl sites for hydroxylation is 1. The first kappa shape index (κ1) is 16.1. The topological polar surface area (TPSA) is 50.8 Å². The zero-order chi connectivity index (χ0) is 17.2. The Morgan fingerprint density at radius 1 is 1.16 bits per heavy atom. The van der Waals surface area contributed by atoms with Crippen LogP contribution in [0.2, 0.25) is 0 Å². The number of anilines is 1. The van der Waals surface area contributed by atoms with Crippen molar-refractivity contribution in [2.45, 2.75) is 12.3 Å². The number of urea groups is 1. The van der Waals surface area contributed by atoms with E-state index >= 15 is 0 Å². The maximum atomic E-state index is 12.8. The number of benzene rings is 2. The molecule has 1 fully saturated rings. The molecule has 2 amide bonds. The number of rotatable bonds is 2. The van der Waals surface area contributed by atoms with Crippen LogP contribution in [-0.2, 0) is 0 Å². The normalized spacial score (nSPS) is 18.9. The van der Waals surface area contributed by atoms with E-state index in [0.29, 0.717) is 13.2 Å². The highest BCUT2D eigenvalue weighted by molar-refractivity contribution is 7.99. The summed E-state index contributed by atoms with van der Waals surface area (Å²) >= 11 is 1.77. The number of nitrogens with zero attached hydrogens (tertiary/aromatic N) is 1. The van der Waals surface area contributed by atoms with Crippen LogP contribution in [0.3, 0.4) is 0 Å². The highest BCUT2D eigenvalue weighted by Gasteiger charge is 2.31. The second-order valence-corrected chi connectivity index (χ2v) is 7.25. The summed E-state index contributed by atoms with van der Waals surface area (Å²) in [7, 11) is 0. The molecule has 1 N–H and O–H groups in total. The number of nitrogens with one attached hydrogen (secondary N) is 1. The fourth-order valence-electron chi connectivity index (χ4n) is 3.07. The van der Waals surface area contributed by atoms with E-state index < -0.39 is 0 Å². The van der Waals surface area contributed by atoms with Gasteiger partial charge in [-0.25, -0.2) is 4.79 Å². The summed E-state index contributed by atoms with van der Waals surface area (Å²) in [6, 6.07) is 13.7. The van der Waals surface area contributed by atoms with E-state index in [9.17, 15) is 4.79 Å². The van der Waals surface area contributed by atoms with E-state index in [-0.39, 0.29) is 11.4 Å². The third-order valence-electron chi connectivity index (χ3n) is 4.39. The van der Waals surface area contributed by atoms with Crippen LogP contribution in [0.15, 0.2) is 42.5 Å². The van der Waals surface area contributed by atoms with Gasteiger partial charge in [0.15, 0.2) is 11.5 Å². The van der Waals surface area contributed by atoms with Gasteiger partial charge in [-0.15, -0.1) is 11.8 Å². The fraction of sp³-hybridized carbons (Fsp3) is 0.316. The first-order valence-electron chi connectivity index (χ1n) is 8.37. The van der Waals surface area contributed by atoms with Gasteiger partial charge >= 0.3 is 6.03 Å². The number of fused-ring (bicyclic) bond motifs is 1. The molecule has 5 nitrogen and oxygen atoms in total. The number of hydrogen-bond acceptors (Lipinski definition) is 4. The van der Waals surface area contributed by atoms with E-state index in [2.05, 4.69) is 5.32 Å². The van der Waals surface area contributed by atoms with Crippen LogP contribution in [0.4, 0.5) is 10.5 Å². The minimum absolute atomic E-state index is 0.0140. The van der Waals surface area contributed by atoms with Crippen molar-refractivity contribution in [3.63, 3.8) is 0 Å². The Balaban J connectivity index is 1.54. The average Bonchev–Trinajstić information content (AvgIpc) is 3.13. The van der Waals surface area contributed by atoms with Gasteiger partial charge in [-0.1, -0.05) is 24.3 Å². The summed E-state index contributed by atoms with van der Waals surface area (Å²) in [5, 5.41) is 3.02. The molecule has 4 rings (SSSR count). The van der Waals surface area contributed by atoms with Crippen molar-refractivity contribution >= 4 is 23.5 Å². The largest absolute Gasteiger partial charge is 0.486 e. The SMILES string of the molecule is Cc1ccccc1NC(=O)N1CCS[C@@H]1c1ccc2c(c1)OCCO2. The van der Waals surface area contributed by atoms with E-state index in [1.54, 1.807) is 11.8 Å². The second-order valence-electron chi connectivity index (χ2n) is 6.06. The third-order valence-corrected chi connectivity index (χ3v) is 5.65. The lowest BCUT2D eigenvalue weighted by Crippen LogP contribution is -2.34. The van der Waals surface area contributed by atoms with Gasteiger partial charge in [0.2, 0.25) is 0 Å². The molecular formula is C19H20N2O3S. The van der Waals surface area contributed by atoms with Crippen molar-refractivity contribution in [2.75, 3.05) is 30.8 Å². The zero-order valence-electron chi connectivity index (χ0n) is 14.0. The monoisotopic (exact) mass is 356 g/mol. The van der Waals surface area contributed by atoms with Gasteiger partial charge in [0.1, 0.15) is 18.6 Å². The molecule has 6 heteroatoms. The van der Waals surface area contributed by atoms with Crippen molar-refractivity contribution in [3.8, 4) is 11.5 Å². The Kier molecular flexibility index (Phi) is 4.44. The first-order chi connectivity index (χ1) is 12.2. The molecule has 2 aromatic rings. The van der Waals surface area contributed by atoms with Gasteiger partial charge in [-0.05, 0) is 36.2 Å². The van der Waals surface area contributed by atoms with Crippen LogP contribution < -0.4 is 14.8 Å². The van der Waals surface area contributed by atoms with Crippen molar-refractivity contribution in [1.82, 2.24) is 4.90 Å². The maximum absolute atomic E-state index is 12.8. The minimum atomic E-state index is -0.0702. The van der Waals surface area contributed by atoms with Crippen molar-refractivity contribution in [1.29, 1.82) is 0 Å². The van der Waals surface area contributed by atoms with E-state index in [0.717, 1.165) is 40.6 Å². The maximum Gasteiger partial charge on any atom is 0.323 e. The summed E-state index contributed by atoms with van der Waals surface area (Å²) < 4.78 is 11.3. The average molecular weight is 356 g/mol. The molecule has 0 radical (unpaired) electrons. The van der Waals surface area contributed by atoms with Gasteiger partial charge in [0, 0.05) is 18.0 Å². The first-order valence-corrected chi connectivity index (χ1v) is 9.41. The molecule has 0 bridgehead atoms. The second kappa shape index (κ2) is 6.88. The van der Waals surface area contributed by atoms with Crippen molar-refractivity contribution in [2.24, 2.45) is 0 Å². The van der Waals surface area contributed by atoms with E-state index in [4.69, 9.17) is 9.47 Å². The quantitative estimate of drug-likeness (QED) is 0.882. The molecule has 25 heavy (non-hydrogen) atoms. The molecule has 2 aliphatic heterocycles. The number of carbonyl (C=O) groups excluding carboxylic acids is 1. The number of ether oxygens (including phenoxy) is 2. The molecule has 2 aliphatic rings. The summed E-state index contributed by atoms with van der Waals surface area (Å²) in [4.78, 5) is 14.7. The standard InChI is InChI=1S/C19H20N2O3S/c1-13-4-2-3-5-15(13)20-19(22)21-8-11-25-18(21)14-6-7-16-17(12-14)24-10-9-23-16/h2-7,12,18H,8-11H2,1H3,(H,20,22)/t18-/m1/s1. The fourth-order valence-corrected chi connectivity index (χ4v) is 4.31. The lowest BCUT2D eigenvalue weighted by atomic mass is 10.1. The predicted molar refractivity (Wildman–Crippen MR) is 99.5 cm³/mol. The molecule has 130 valence electrons. The highest BCUT2D eigenvalue weighted by Crippen LogP contribution is 2.41. The Labute approximate surface area is 151 Å². The third kappa shape index (κ3) is 3.26. The van der Waals surface area contributed by atoms with Gasteiger partial charge in [0.05, 0.1) is 0 Å². The predicted octanol–water partition coefficient (Wildman–Crippen LogP) is 4.05. The Morgan fingerprint density at radius 2 is 1.96 bits per heavy atom. The Morgan fingerprint density at radius 3 is 2.80 bits per heavy atom. The summed E-state index contributed by atoms with van der Waals surface area (Å²) in [6.07, 6.45) is 0. The highest BCUT2D eigenvalue weighted by atomic mass is 32.2. The van der Waals surface area contributed by atoms with Gasteiger partial charge in [0.25, 0.3) is 0 Å². The molecule has 0 saturated carbocycles. The summed E-state index contributed by atoms with van der Waals surface area (Å²) in [5.41, 5.74) is 2.97. The number of para-hydroxylation sites is 1. The smallest absolute Gasteiger partial charge is 0.323 e. The summed E-state index contributed by atoms with van der Waals surface area (Å²) in [5.74, 6) is 2.45. The molecule has 1 saturated heterocycles. The molecule has 0 aliphatic carbocycles. The zero-order valence-corrected chi connectivity index (χ0v) is 14.8. The van der Waals surface area contributed by atoms with Crippen molar-refractivity contribution < 1.29 is 14.3 Å². The van der Waals surface area contributed by atoms with E-state index in [1.807, 2.05) is 54.3 Å². The lowest BCUT2D eigenvalue weighted by Gasteiger charge is -2.26. The Hall–Kier alpha value is -2.34. The minimum Gasteiger partial charge on any atom is -0.486 e. The number of hydrogen-bond donors (Lipinski definition) is 1. The molecule has 1 atom stereocenters. The van der Waals surface area contributed by atoms with Gasteiger partial charge in [-0.3, -0.25) is 0 Å². The van der Waals surface area contributed by atoms with E-state index in [1.165, 1.54) is 0 Å². The lowest BCUT2D eigenvalue weighted by molar-refractivity contribution is 0.171. The van der Waals surface area contributed by atoms with Crippen LogP contribution in [0.1, 0.15) is 16.5 Å². The van der Waals surface area contributed by atoms with Crippen LogP contribution >= 0.6 is 11.8 Å². The van der Waals surface area contributed by atoms with Crippen molar-refractivity contribution in [3.05, 3.63) is 53.6 Å². The number of thioether (sulfide) groups is 1. The van der Waals surface area contributed by atoms with Crippen LogP contribution in [-0.4, -0.2) is 36.4 Å². The summed E-state index contributed by atoms with van der Waals surface area (Å²) in [6.45, 7) is 3.86. The molecule has 0 aromatic heterocycles. The molecule has 2 heterocycles. The number of carbonyl (C=O) groups is 1. The molecule has 2 aromatic carbocycles.